The van der Waals surface area contributed by atoms with Crippen LogP contribution in [0, 0.1) is 4.77 Å². The van der Waals surface area contributed by atoms with E-state index in [0.29, 0.717) is 0 Å². The first-order chi connectivity index (χ1) is 12.1. The zero-order valence-electron chi connectivity index (χ0n) is 12.8. The summed E-state index contributed by atoms with van der Waals surface area (Å²) in [6.07, 6.45) is 3.45. The Kier molecular flexibility index (Phi) is 5.49. The lowest BCUT2D eigenvalue weighted by atomic mass is 10.3. The Hall–Kier alpha value is -2.62. The Bertz CT molecular complexity index is 1010. The molecule has 3 rings (SSSR count). The predicted octanol–water partition coefficient (Wildman–Crippen LogP) is 3.47. The maximum absolute atomic E-state index is 12.6. The third kappa shape index (κ3) is 4.47. The first-order valence-electron chi connectivity index (χ1n) is 7.20. The number of thiophene rings is 1. The van der Waals surface area contributed by atoms with Gasteiger partial charge < -0.3 is 5.32 Å². The highest BCUT2D eigenvalue weighted by Gasteiger charge is 2.07. The highest BCUT2D eigenvalue weighted by atomic mass is 32.1. The topological polar surface area (TPSA) is 74.7 Å². The van der Waals surface area contributed by atoms with Gasteiger partial charge in [0.1, 0.15) is 0 Å². The lowest BCUT2D eigenvalue weighted by Gasteiger charge is -2.12. The van der Waals surface area contributed by atoms with E-state index in [4.69, 9.17) is 24.4 Å². The molecule has 126 valence electrons. The molecule has 3 aromatic rings. The number of hydrogen-bond donors (Lipinski definition) is 3. The van der Waals surface area contributed by atoms with Crippen LogP contribution in [0.25, 0.3) is 12.2 Å². The summed E-state index contributed by atoms with van der Waals surface area (Å²) in [5, 5.41) is 11.8. The lowest BCUT2D eigenvalue weighted by molar-refractivity contribution is 0.784. The molecule has 1 aromatic carbocycles. The van der Waals surface area contributed by atoms with Gasteiger partial charge in [-0.05, 0) is 60.2 Å². The van der Waals surface area contributed by atoms with E-state index in [-0.39, 0.29) is 15.6 Å². The van der Waals surface area contributed by atoms with Crippen molar-refractivity contribution < 1.29 is 0 Å². The van der Waals surface area contributed by atoms with Gasteiger partial charge in [0, 0.05) is 10.6 Å². The number of para-hydroxylation sites is 1. The Labute approximate surface area is 157 Å². The zero-order chi connectivity index (χ0) is 17.6. The predicted molar refractivity (Wildman–Crippen MR) is 109 cm³/mol. The van der Waals surface area contributed by atoms with Crippen molar-refractivity contribution in [1.82, 2.24) is 14.9 Å². The van der Waals surface area contributed by atoms with Crippen LogP contribution >= 0.6 is 35.8 Å². The molecule has 0 bridgehead atoms. The average Bonchev–Trinajstić information content (AvgIpc) is 3.12. The fraction of sp³-hybridized carbons (Fsp3) is 0. The summed E-state index contributed by atoms with van der Waals surface area (Å²) in [7, 11) is 0. The second-order valence-electron chi connectivity index (χ2n) is 4.84. The number of rotatable bonds is 4. The molecule has 0 spiro atoms. The standard InChI is InChI=1S/C16H13N5OS3/c22-14-13(9-8-12-7-4-10-25-12)18-19-16(24)21(14)20-15(23)17-11-5-2-1-3-6-11/h1-10H,(H,19,24)(H2,17,20,23)/b9-8+. The molecule has 2 aromatic heterocycles. The Balaban J connectivity index is 1.81. The van der Waals surface area contributed by atoms with E-state index in [0.717, 1.165) is 15.2 Å². The molecule has 0 fully saturated rings. The molecule has 0 atom stereocenters. The maximum Gasteiger partial charge on any atom is 0.299 e. The number of nitrogens with zero attached hydrogens (tertiary/aromatic N) is 2. The summed E-state index contributed by atoms with van der Waals surface area (Å²) in [6, 6.07) is 13.3. The minimum Gasteiger partial charge on any atom is -0.331 e. The van der Waals surface area contributed by atoms with Gasteiger partial charge in [-0.1, -0.05) is 24.3 Å². The molecule has 25 heavy (non-hydrogen) atoms. The fourth-order valence-corrected chi connectivity index (χ4v) is 2.95. The quantitative estimate of drug-likeness (QED) is 0.595. The monoisotopic (exact) mass is 387 g/mol. The summed E-state index contributed by atoms with van der Waals surface area (Å²) in [5.74, 6) is 0. The number of nitrogens with one attached hydrogen (secondary N) is 3. The van der Waals surface area contributed by atoms with Gasteiger partial charge in [-0.15, -0.1) is 11.3 Å². The SMILES string of the molecule is O=c1c(/C=C/c2cccs2)n[nH]c(=S)n1NC(=S)Nc1ccccc1. The zero-order valence-corrected chi connectivity index (χ0v) is 15.3. The van der Waals surface area contributed by atoms with Crippen LogP contribution < -0.4 is 16.3 Å². The molecular formula is C16H13N5OS3. The number of benzene rings is 1. The molecule has 0 radical (unpaired) electrons. The third-order valence-electron chi connectivity index (χ3n) is 3.09. The van der Waals surface area contributed by atoms with Crippen molar-refractivity contribution in [2.75, 3.05) is 10.7 Å². The summed E-state index contributed by atoms with van der Waals surface area (Å²) in [6.45, 7) is 0. The van der Waals surface area contributed by atoms with Crippen LogP contribution in [0.2, 0.25) is 0 Å². The molecule has 0 aliphatic heterocycles. The minimum atomic E-state index is -0.395. The van der Waals surface area contributed by atoms with Crippen LogP contribution in [0.1, 0.15) is 10.6 Å². The summed E-state index contributed by atoms with van der Waals surface area (Å²) in [5.41, 5.74) is 3.40. The van der Waals surface area contributed by atoms with Crippen molar-refractivity contribution in [3.8, 4) is 0 Å². The third-order valence-corrected chi connectivity index (χ3v) is 4.40. The smallest absolute Gasteiger partial charge is 0.299 e. The molecule has 0 aliphatic rings. The highest BCUT2D eigenvalue weighted by Crippen LogP contribution is 2.11. The second-order valence-corrected chi connectivity index (χ2v) is 6.61. The normalized spacial score (nSPS) is 10.7. The van der Waals surface area contributed by atoms with E-state index in [1.165, 1.54) is 0 Å². The van der Waals surface area contributed by atoms with E-state index in [1.54, 1.807) is 17.4 Å². The Morgan fingerprint density at radius 3 is 2.72 bits per heavy atom. The van der Waals surface area contributed by atoms with Gasteiger partial charge in [0.05, 0.1) is 0 Å². The van der Waals surface area contributed by atoms with Crippen LogP contribution in [-0.4, -0.2) is 20.0 Å². The molecule has 6 nitrogen and oxygen atoms in total. The number of aromatic amines is 1. The molecule has 0 saturated carbocycles. The van der Waals surface area contributed by atoms with Crippen molar-refractivity contribution in [3.05, 3.63) is 73.5 Å². The number of thiocarbonyl (C=S) groups is 1. The van der Waals surface area contributed by atoms with Gasteiger partial charge in [0.2, 0.25) is 4.77 Å². The maximum atomic E-state index is 12.6. The number of H-pyrrole nitrogens is 1. The lowest BCUT2D eigenvalue weighted by Crippen LogP contribution is -2.38. The van der Waals surface area contributed by atoms with E-state index in [9.17, 15) is 4.79 Å². The highest BCUT2D eigenvalue weighted by molar-refractivity contribution is 7.80. The van der Waals surface area contributed by atoms with Gasteiger partial charge in [-0.3, -0.25) is 15.3 Å². The van der Waals surface area contributed by atoms with Crippen LogP contribution in [-0.2, 0) is 0 Å². The first kappa shape index (κ1) is 17.2. The summed E-state index contributed by atoms with van der Waals surface area (Å²) in [4.78, 5) is 13.6. The number of hydrogen-bond acceptors (Lipinski definition) is 5. The largest absolute Gasteiger partial charge is 0.331 e. The van der Waals surface area contributed by atoms with Gasteiger partial charge in [-0.2, -0.15) is 9.77 Å². The van der Waals surface area contributed by atoms with E-state index in [1.807, 2.05) is 53.9 Å². The summed E-state index contributed by atoms with van der Waals surface area (Å²) >= 11 is 11.9. The van der Waals surface area contributed by atoms with Crippen molar-refractivity contribution in [2.24, 2.45) is 0 Å². The van der Waals surface area contributed by atoms with Crippen molar-refractivity contribution in [2.45, 2.75) is 0 Å². The van der Waals surface area contributed by atoms with E-state index in [2.05, 4.69) is 20.9 Å². The molecule has 0 unspecified atom stereocenters. The molecule has 3 N–H and O–H groups in total. The molecule has 0 amide bonds. The van der Waals surface area contributed by atoms with Gasteiger partial charge in [-0.25, -0.2) is 0 Å². The molecule has 0 aliphatic carbocycles. The molecular weight excluding hydrogens is 374 g/mol. The fourth-order valence-electron chi connectivity index (χ4n) is 1.95. The van der Waals surface area contributed by atoms with E-state index >= 15 is 0 Å². The van der Waals surface area contributed by atoms with Gasteiger partial charge in [0.25, 0.3) is 5.56 Å². The second kappa shape index (κ2) is 7.97. The first-order valence-corrected chi connectivity index (χ1v) is 8.89. The number of aromatic nitrogens is 3. The Morgan fingerprint density at radius 1 is 1.20 bits per heavy atom. The molecule has 2 heterocycles. The Morgan fingerprint density at radius 2 is 2.00 bits per heavy atom. The number of anilines is 1. The van der Waals surface area contributed by atoms with Crippen LogP contribution in [0.15, 0.2) is 52.6 Å². The van der Waals surface area contributed by atoms with Gasteiger partial charge in [0.15, 0.2) is 10.8 Å². The van der Waals surface area contributed by atoms with E-state index < -0.39 is 5.56 Å². The average molecular weight is 388 g/mol. The van der Waals surface area contributed by atoms with Crippen molar-refractivity contribution in [1.29, 1.82) is 0 Å². The van der Waals surface area contributed by atoms with Crippen LogP contribution in [0.5, 0.6) is 0 Å². The summed E-state index contributed by atoms with van der Waals surface area (Å²) < 4.78 is 1.27. The van der Waals surface area contributed by atoms with Crippen LogP contribution in [0.4, 0.5) is 5.69 Å². The van der Waals surface area contributed by atoms with Crippen LogP contribution in [0.3, 0.4) is 0 Å². The van der Waals surface area contributed by atoms with Gasteiger partial charge >= 0.3 is 0 Å². The molecule has 0 saturated heterocycles. The van der Waals surface area contributed by atoms with Crippen molar-refractivity contribution >= 4 is 58.7 Å². The minimum absolute atomic E-state index is 0.121. The van der Waals surface area contributed by atoms with Crippen molar-refractivity contribution in [3.63, 3.8) is 0 Å². The molecule has 9 heteroatoms.